The summed E-state index contributed by atoms with van der Waals surface area (Å²) in [7, 11) is 1.54. The molecule has 0 bridgehead atoms. The average Bonchev–Trinajstić information content (AvgIpc) is 2.49. The number of hydrogen-bond acceptors (Lipinski definition) is 3. The van der Waals surface area contributed by atoms with Crippen molar-refractivity contribution in [1.82, 2.24) is 0 Å². The van der Waals surface area contributed by atoms with Gasteiger partial charge in [0.15, 0.2) is 0 Å². The molecule has 2 aromatic carbocycles. The molecule has 0 spiro atoms. The molecule has 2 rings (SSSR count). The maximum absolute atomic E-state index is 13.9. The monoisotopic (exact) mass is 372 g/mol. The number of methoxy groups -OCH3 is 1. The van der Waals surface area contributed by atoms with E-state index >= 15 is 0 Å². The number of hydrogen-bond donors (Lipinski definition) is 2. The lowest BCUT2D eigenvalue weighted by Gasteiger charge is -2.20. The minimum atomic E-state index is -0.359. The summed E-state index contributed by atoms with van der Waals surface area (Å²) in [6.45, 7) is 0.310. The van der Waals surface area contributed by atoms with E-state index in [1.54, 1.807) is 18.2 Å². The van der Waals surface area contributed by atoms with Gasteiger partial charge in [-0.1, -0.05) is 17.7 Å². The Kier molecular flexibility index (Phi) is 5.45. The van der Waals surface area contributed by atoms with Crippen molar-refractivity contribution in [3.05, 3.63) is 57.3 Å². The van der Waals surface area contributed by atoms with Crippen molar-refractivity contribution in [2.24, 2.45) is 5.73 Å². The number of rotatable bonds is 5. The number of halogens is 3. The van der Waals surface area contributed by atoms with Gasteiger partial charge in [0.1, 0.15) is 11.6 Å². The predicted octanol–water partition coefficient (Wildman–Crippen LogP) is 4.36. The zero-order chi connectivity index (χ0) is 15.4. The molecule has 0 fully saturated rings. The van der Waals surface area contributed by atoms with Gasteiger partial charge in [0.25, 0.3) is 0 Å². The van der Waals surface area contributed by atoms with E-state index in [-0.39, 0.29) is 11.9 Å². The maximum atomic E-state index is 13.9. The largest absolute Gasteiger partial charge is 0.497 e. The molecular formula is C15H15BrClFN2O. The molecule has 0 aliphatic carbocycles. The van der Waals surface area contributed by atoms with E-state index in [0.29, 0.717) is 23.0 Å². The number of benzene rings is 2. The normalized spacial score (nSPS) is 12.0. The van der Waals surface area contributed by atoms with E-state index in [1.165, 1.54) is 13.2 Å². The number of ether oxygens (including phenoxy) is 1. The fraction of sp³-hybridized carbons (Fsp3) is 0.200. The fourth-order valence-corrected chi connectivity index (χ4v) is 2.45. The van der Waals surface area contributed by atoms with Gasteiger partial charge in [0.05, 0.1) is 23.9 Å². The number of nitrogens with two attached hydrogens (primary N) is 1. The molecular weight excluding hydrogens is 359 g/mol. The molecule has 0 aliphatic heterocycles. The standard InChI is InChI=1S/C15H15BrClFN2O/c1-21-10-3-5-13(18)14(7-10)20-15(8-19)9-2-4-12(17)11(16)6-9/h2-7,15,20H,8,19H2,1H3. The Labute approximate surface area is 136 Å². The number of nitrogens with one attached hydrogen (secondary N) is 1. The summed E-state index contributed by atoms with van der Waals surface area (Å²) >= 11 is 9.35. The lowest BCUT2D eigenvalue weighted by molar-refractivity contribution is 0.414. The molecule has 3 nitrogen and oxygen atoms in total. The van der Waals surface area contributed by atoms with Crippen LogP contribution in [-0.4, -0.2) is 13.7 Å². The van der Waals surface area contributed by atoms with E-state index in [2.05, 4.69) is 21.2 Å². The summed E-state index contributed by atoms with van der Waals surface area (Å²) in [4.78, 5) is 0. The maximum Gasteiger partial charge on any atom is 0.146 e. The second-order valence-corrected chi connectivity index (χ2v) is 5.71. The van der Waals surface area contributed by atoms with E-state index in [9.17, 15) is 4.39 Å². The summed E-state index contributed by atoms with van der Waals surface area (Å²) in [5.41, 5.74) is 7.05. The average molecular weight is 374 g/mol. The first-order chi connectivity index (χ1) is 10.0. The molecule has 0 aliphatic rings. The van der Waals surface area contributed by atoms with Crippen molar-refractivity contribution >= 4 is 33.2 Å². The third kappa shape index (κ3) is 3.87. The smallest absolute Gasteiger partial charge is 0.146 e. The lowest BCUT2D eigenvalue weighted by atomic mass is 10.1. The summed E-state index contributed by atoms with van der Waals surface area (Å²) < 4.78 is 19.7. The molecule has 0 amide bonds. The highest BCUT2D eigenvalue weighted by Crippen LogP contribution is 2.29. The van der Waals surface area contributed by atoms with Crippen LogP contribution in [0.3, 0.4) is 0 Å². The Balaban J connectivity index is 2.28. The van der Waals surface area contributed by atoms with Crippen molar-refractivity contribution in [3.8, 4) is 5.75 Å². The second-order valence-electron chi connectivity index (χ2n) is 4.45. The van der Waals surface area contributed by atoms with Gasteiger partial charge in [0, 0.05) is 17.1 Å². The van der Waals surface area contributed by atoms with Gasteiger partial charge < -0.3 is 15.8 Å². The van der Waals surface area contributed by atoms with Crippen molar-refractivity contribution in [2.45, 2.75) is 6.04 Å². The highest BCUT2D eigenvalue weighted by Gasteiger charge is 2.14. The Morgan fingerprint density at radius 1 is 1.33 bits per heavy atom. The van der Waals surface area contributed by atoms with Crippen LogP contribution in [0.2, 0.25) is 5.02 Å². The Hall–Kier alpha value is -1.30. The molecule has 1 atom stereocenters. The molecule has 0 saturated carbocycles. The molecule has 21 heavy (non-hydrogen) atoms. The van der Waals surface area contributed by atoms with Gasteiger partial charge in [-0.25, -0.2) is 4.39 Å². The molecule has 0 heterocycles. The van der Waals surface area contributed by atoms with Crippen molar-refractivity contribution in [3.63, 3.8) is 0 Å². The van der Waals surface area contributed by atoms with Crippen LogP contribution in [0, 0.1) is 5.82 Å². The van der Waals surface area contributed by atoms with Crippen LogP contribution >= 0.6 is 27.5 Å². The van der Waals surface area contributed by atoms with E-state index in [0.717, 1.165) is 10.0 Å². The van der Waals surface area contributed by atoms with Gasteiger partial charge in [-0.3, -0.25) is 0 Å². The van der Waals surface area contributed by atoms with Crippen molar-refractivity contribution < 1.29 is 9.13 Å². The fourth-order valence-electron chi connectivity index (χ4n) is 1.94. The molecule has 6 heteroatoms. The summed E-state index contributed by atoms with van der Waals surface area (Å²) in [5, 5.41) is 3.70. The van der Waals surface area contributed by atoms with Crippen LogP contribution in [0.25, 0.3) is 0 Å². The molecule has 3 N–H and O–H groups in total. The molecule has 0 saturated heterocycles. The first-order valence-electron chi connectivity index (χ1n) is 6.30. The van der Waals surface area contributed by atoms with Gasteiger partial charge in [0.2, 0.25) is 0 Å². The minimum Gasteiger partial charge on any atom is -0.497 e. The van der Waals surface area contributed by atoms with Gasteiger partial charge in [-0.15, -0.1) is 0 Å². The van der Waals surface area contributed by atoms with Crippen LogP contribution in [0.4, 0.5) is 10.1 Å². The van der Waals surface area contributed by atoms with Crippen LogP contribution in [0.5, 0.6) is 5.75 Å². The zero-order valence-corrected chi connectivity index (χ0v) is 13.7. The van der Waals surface area contributed by atoms with Crippen molar-refractivity contribution in [2.75, 3.05) is 19.0 Å². The SMILES string of the molecule is COc1ccc(F)c(NC(CN)c2ccc(Cl)c(Br)c2)c1. The predicted molar refractivity (Wildman–Crippen MR) is 87.5 cm³/mol. The van der Waals surface area contributed by atoms with Gasteiger partial charge in [-0.2, -0.15) is 0 Å². The van der Waals surface area contributed by atoms with Crippen LogP contribution in [0.1, 0.15) is 11.6 Å². The molecule has 1 unspecified atom stereocenters. The first-order valence-corrected chi connectivity index (χ1v) is 7.47. The first kappa shape index (κ1) is 16.1. The Morgan fingerprint density at radius 3 is 2.71 bits per heavy atom. The van der Waals surface area contributed by atoms with Crippen LogP contribution < -0.4 is 15.8 Å². The molecule has 0 aromatic heterocycles. The Morgan fingerprint density at radius 2 is 2.10 bits per heavy atom. The third-order valence-corrected chi connectivity index (χ3v) is 4.30. The lowest BCUT2D eigenvalue weighted by Crippen LogP contribution is -2.21. The minimum absolute atomic E-state index is 0.236. The van der Waals surface area contributed by atoms with Gasteiger partial charge in [-0.05, 0) is 45.8 Å². The third-order valence-electron chi connectivity index (χ3n) is 3.08. The quantitative estimate of drug-likeness (QED) is 0.818. The van der Waals surface area contributed by atoms with Crippen LogP contribution in [0.15, 0.2) is 40.9 Å². The van der Waals surface area contributed by atoms with E-state index < -0.39 is 0 Å². The topological polar surface area (TPSA) is 47.3 Å². The summed E-state index contributed by atoms with van der Waals surface area (Å²) in [6, 6.07) is 9.78. The van der Waals surface area contributed by atoms with E-state index in [1.807, 2.05) is 12.1 Å². The van der Waals surface area contributed by atoms with Gasteiger partial charge >= 0.3 is 0 Å². The highest BCUT2D eigenvalue weighted by molar-refractivity contribution is 9.10. The van der Waals surface area contributed by atoms with Crippen LogP contribution in [-0.2, 0) is 0 Å². The zero-order valence-electron chi connectivity index (χ0n) is 11.4. The highest BCUT2D eigenvalue weighted by atomic mass is 79.9. The summed E-state index contributed by atoms with van der Waals surface area (Å²) in [5.74, 6) is 0.217. The molecule has 2 aromatic rings. The van der Waals surface area contributed by atoms with Crippen molar-refractivity contribution in [1.29, 1.82) is 0 Å². The number of anilines is 1. The molecule has 112 valence electrons. The summed E-state index contributed by atoms with van der Waals surface area (Å²) in [6.07, 6.45) is 0. The molecule has 0 radical (unpaired) electrons. The Bertz CT molecular complexity index is 639. The van der Waals surface area contributed by atoms with E-state index in [4.69, 9.17) is 22.1 Å². The second kappa shape index (κ2) is 7.11.